The summed E-state index contributed by atoms with van der Waals surface area (Å²) in [5.41, 5.74) is -0.234. The topological polar surface area (TPSA) is 80.5 Å². The molecule has 2 aromatic heterocycles. The highest BCUT2D eigenvalue weighted by Crippen LogP contribution is 2.47. The molecule has 3 heterocycles. The first-order valence-electron chi connectivity index (χ1n) is 9.34. The minimum absolute atomic E-state index is 0.194. The first-order valence-corrected chi connectivity index (χ1v) is 9.72. The molecule has 27 heavy (non-hydrogen) atoms. The summed E-state index contributed by atoms with van der Waals surface area (Å²) in [6.07, 6.45) is 3.77. The minimum Gasteiger partial charge on any atom is -0.444 e. The molecule has 146 valence electrons. The number of hydrogen-bond acceptors (Lipinski definition) is 5. The molecule has 2 atom stereocenters. The maximum Gasteiger partial charge on any atom is 0.412 e. The Morgan fingerprint density at radius 1 is 1.30 bits per heavy atom. The number of halogens is 1. The largest absolute Gasteiger partial charge is 0.444 e. The van der Waals surface area contributed by atoms with Gasteiger partial charge in [-0.3, -0.25) is 4.90 Å². The van der Waals surface area contributed by atoms with E-state index >= 15 is 0 Å². The zero-order valence-corrected chi connectivity index (χ0v) is 16.8. The first-order chi connectivity index (χ1) is 12.6. The Hall–Kier alpha value is -1.86. The molecule has 2 fully saturated rings. The van der Waals surface area contributed by atoms with Crippen LogP contribution in [-0.2, 0) is 10.3 Å². The third-order valence-electron chi connectivity index (χ3n) is 5.31. The van der Waals surface area contributed by atoms with E-state index in [1.54, 1.807) is 28.8 Å². The summed E-state index contributed by atoms with van der Waals surface area (Å²) < 4.78 is 7.28. The van der Waals surface area contributed by atoms with Crippen LogP contribution in [0.1, 0.15) is 58.8 Å². The Bertz CT molecular complexity index is 898. The van der Waals surface area contributed by atoms with E-state index in [9.17, 15) is 9.90 Å². The number of hydrogen-bond donors (Lipinski definition) is 1. The minimum atomic E-state index is -1.03. The number of carbonyl (C=O) groups is 1. The second kappa shape index (κ2) is 6.07. The maximum absolute atomic E-state index is 12.5. The van der Waals surface area contributed by atoms with Gasteiger partial charge in [0.25, 0.3) is 0 Å². The Kier molecular flexibility index (Phi) is 4.16. The highest BCUT2D eigenvalue weighted by atomic mass is 35.5. The number of carbonyl (C=O) groups excluding carboxylic acids is 1. The van der Waals surface area contributed by atoms with Crippen LogP contribution < -0.4 is 0 Å². The van der Waals surface area contributed by atoms with Gasteiger partial charge in [0.1, 0.15) is 28.2 Å². The Labute approximate surface area is 163 Å². The van der Waals surface area contributed by atoms with Crippen molar-refractivity contribution in [2.45, 2.75) is 64.3 Å². The Balaban J connectivity index is 1.73. The molecule has 1 aliphatic heterocycles. The Morgan fingerprint density at radius 2 is 2.00 bits per heavy atom. The molecule has 1 saturated carbocycles. The van der Waals surface area contributed by atoms with Gasteiger partial charge in [-0.15, -0.1) is 0 Å². The average molecular weight is 393 g/mol. The van der Waals surface area contributed by atoms with Crippen LogP contribution in [0.5, 0.6) is 0 Å². The van der Waals surface area contributed by atoms with Gasteiger partial charge >= 0.3 is 6.09 Å². The van der Waals surface area contributed by atoms with Crippen LogP contribution in [0.2, 0.25) is 5.15 Å². The predicted octanol–water partition coefficient (Wildman–Crippen LogP) is 3.84. The van der Waals surface area contributed by atoms with Crippen LogP contribution in [0.25, 0.3) is 10.9 Å². The normalized spacial score (nSPS) is 22.4. The summed E-state index contributed by atoms with van der Waals surface area (Å²) in [6.45, 7) is 7.95. The highest BCUT2D eigenvalue weighted by Gasteiger charge is 2.45. The second-order valence-electron chi connectivity index (χ2n) is 8.68. The van der Waals surface area contributed by atoms with Gasteiger partial charge in [-0.05, 0) is 52.5 Å². The van der Waals surface area contributed by atoms with Gasteiger partial charge in [0.2, 0.25) is 0 Å². The van der Waals surface area contributed by atoms with E-state index in [1.807, 2.05) is 20.8 Å². The molecule has 1 N–H and O–H groups in total. The van der Waals surface area contributed by atoms with Gasteiger partial charge in [0, 0.05) is 18.4 Å². The van der Waals surface area contributed by atoms with E-state index in [2.05, 4.69) is 4.98 Å². The van der Waals surface area contributed by atoms with E-state index in [0.29, 0.717) is 17.4 Å². The van der Waals surface area contributed by atoms with Gasteiger partial charge in [-0.1, -0.05) is 11.6 Å². The summed E-state index contributed by atoms with van der Waals surface area (Å²) in [5, 5.41) is 17.0. The second-order valence-corrected chi connectivity index (χ2v) is 9.07. The van der Waals surface area contributed by atoms with Crippen LogP contribution in [0, 0.1) is 5.92 Å². The fourth-order valence-corrected chi connectivity index (χ4v) is 3.77. The van der Waals surface area contributed by atoms with E-state index in [4.69, 9.17) is 21.4 Å². The smallest absolute Gasteiger partial charge is 0.412 e. The van der Waals surface area contributed by atoms with E-state index in [0.717, 1.165) is 30.2 Å². The van der Waals surface area contributed by atoms with Crippen LogP contribution in [-0.4, -0.2) is 43.0 Å². The van der Waals surface area contributed by atoms with E-state index < -0.39 is 11.2 Å². The SMILES string of the molecule is CC(C)(C)OC(=O)N1CCC1n1nc(C(C)(O)C2CC2)c2cc(Cl)ncc21. The number of fused-ring (bicyclic) bond motifs is 1. The Morgan fingerprint density at radius 3 is 2.56 bits per heavy atom. The van der Waals surface area contributed by atoms with Crippen molar-refractivity contribution in [1.82, 2.24) is 19.7 Å². The van der Waals surface area contributed by atoms with Crippen molar-refractivity contribution < 1.29 is 14.6 Å². The van der Waals surface area contributed by atoms with Crippen molar-refractivity contribution in [3.63, 3.8) is 0 Å². The number of aliphatic hydroxyl groups is 1. The number of aromatic nitrogens is 3. The number of pyridine rings is 1. The summed E-state index contributed by atoms with van der Waals surface area (Å²) in [7, 11) is 0. The average Bonchev–Trinajstić information content (AvgIpc) is 3.28. The van der Waals surface area contributed by atoms with Gasteiger partial charge < -0.3 is 9.84 Å². The van der Waals surface area contributed by atoms with Crippen molar-refractivity contribution in [1.29, 1.82) is 0 Å². The molecular weight excluding hydrogens is 368 g/mol. The zero-order chi connectivity index (χ0) is 19.6. The molecule has 1 saturated heterocycles. The van der Waals surface area contributed by atoms with Crippen LogP contribution >= 0.6 is 11.6 Å². The standard InChI is InChI=1S/C19H25ClN4O3/c1-18(2,3)27-17(25)23-8-7-15(23)24-13-10-21-14(20)9-12(13)16(22-24)19(4,26)11-5-6-11/h9-11,15,26H,5-8H2,1-4H3. The molecule has 0 radical (unpaired) electrons. The zero-order valence-electron chi connectivity index (χ0n) is 16.1. The van der Waals surface area contributed by atoms with Crippen molar-refractivity contribution >= 4 is 28.6 Å². The molecule has 0 aromatic carbocycles. The fourth-order valence-electron chi connectivity index (χ4n) is 3.61. The first kappa shape index (κ1) is 18.5. The monoisotopic (exact) mass is 392 g/mol. The quantitative estimate of drug-likeness (QED) is 0.802. The van der Waals surface area contributed by atoms with Crippen LogP contribution in [0.15, 0.2) is 12.3 Å². The fraction of sp³-hybridized carbons (Fsp3) is 0.632. The number of nitrogens with zero attached hydrogens (tertiary/aromatic N) is 4. The number of ether oxygens (including phenoxy) is 1. The van der Waals surface area contributed by atoms with Crippen molar-refractivity contribution in [3.05, 3.63) is 23.1 Å². The molecule has 8 heteroatoms. The summed E-state index contributed by atoms with van der Waals surface area (Å²) in [4.78, 5) is 18.4. The molecule has 2 aliphatic rings. The molecule has 0 bridgehead atoms. The van der Waals surface area contributed by atoms with Crippen LogP contribution in [0.3, 0.4) is 0 Å². The maximum atomic E-state index is 12.5. The van der Waals surface area contributed by atoms with Gasteiger partial charge in [0.15, 0.2) is 0 Å². The lowest BCUT2D eigenvalue weighted by molar-refractivity contribution is -0.0255. The van der Waals surface area contributed by atoms with Gasteiger partial charge in [-0.2, -0.15) is 5.10 Å². The molecule has 0 spiro atoms. The number of likely N-dealkylation sites (tertiary alicyclic amines) is 1. The highest BCUT2D eigenvalue weighted by molar-refractivity contribution is 6.30. The summed E-state index contributed by atoms with van der Waals surface area (Å²) >= 11 is 6.11. The van der Waals surface area contributed by atoms with Gasteiger partial charge in [-0.25, -0.2) is 14.5 Å². The molecule has 7 nitrogen and oxygen atoms in total. The lowest BCUT2D eigenvalue weighted by Gasteiger charge is -2.41. The molecule has 2 aromatic rings. The summed E-state index contributed by atoms with van der Waals surface area (Å²) in [5.74, 6) is 0.194. The molecule has 2 unspecified atom stereocenters. The van der Waals surface area contributed by atoms with E-state index in [-0.39, 0.29) is 18.2 Å². The number of rotatable bonds is 3. The lowest BCUT2D eigenvalue weighted by atomic mass is 9.94. The molecule has 1 aliphatic carbocycles. The van der Waals surface area contributed by atoms with Crippen LogP contribution in [0.4, 0.5) is 4.79 Å². The lowest BCUT2D eigenvalue weighted by Crippen LogP contribution is -2.50. The molecule has 1 amide bonds. The third-order valence-corrected chi connectivity index (χ3v) is 5.52. The van der Waals surface area contributed by atoms with Crippen molar-refractivity contribution in [3.8, 4) is 0 Å². The third kappa shape index (κ3) is 3.27. The van der Waals surface area contributed by atoms with E-state index in [1.165, 1.54) is 0 Å². The number of amides is 1. The molecule has 4 rings (SSSR count). The predicted molar refractivity (Wildman–Crippen MR) is 101 cm³/mol. The van der Waals surface area contributed by atoms with Crippen molar-refractivity contribution in [2.75, 3.05) is 6.54 Å². The summed E-state index contributed by atoms with van der Waals surface area (Å²) in [6, 6.07) is 1.74. The van der Waals surface area contributed by atoms with Gasteiger partial charge in [0.05, 0.1) is 11.7 Å². The van der Waals surface area contributed by atoms with Crippen molar-refractivity contribution in [2.24, 2.45) is 5.92 Å². The molecular formula is C19H25ClN4O3.